The minimum atomic E-state index is 0.418. The van der Waals surface area contributed by atoms with E-state index in [1.165, 1.54) is 16.2 Å². The smallest absolute Gasteiger partial charge is 0.277 e. The summed E-state index contributed by atoms with van der Waals surface area (Å²) in [7, 11) is 0. The molecule has 102 valence electrons. The average molecular weight is 304 g/mol. The van der Waals surface area contributed by atoms with Crippen LogP contribution in [0.5, 0.6) is 0 Å². The van der Waals surface area contributed by atoms with Crippen LogP contribution < -0.4 is 5.73 Å². The molecule has 2 N–H and O–H groups in total. The van der Waals surface area contributed by atoms with Gasteiger partial charge < -0.3 is 10.3 Å². The van der Waals surface area contributed by atoms with Crippen LogP contribution in [0.25, 0.3) is 23.0 Å². The molecule has 0 spiro atoms. The molecule has 5 nitrogen and oxygen atoms in total. The Labute approximate surface area is 124 Å². The van der Waals surface area contributed by atoms with Crippen molar-refractivity contribution < 1.29 is 4.52 Å². The van der Waals surface area contributed by atoms with Gasteiger partial charge in [-0.25, -0.2) is 4.98 Å². The number of nitrogens with zero attached hydrogens (tertiary/aromatic N) is 3. The SMILES string of the molecule is CSc1ccc(-c2noc(-c3csc(CN)n3)n2)cc1. The molecule has 2 heterocycles. The van der Waals surface area contributed by atoms with E-state index in [4.69, 9.17) is 10.3 Å². The van der Waals surface area contributed by atoms with Crippen molar-refractivity contribution in [2.24, 2.45) is 5.73 Å². The largest absolute Gasteiger partial charge is 0.332 e. The Hall–Kier alpha value is -1.70. The van der Waals surface area contributed by atoms with E-state index in [0.29, 0.717) is 24.0 Å². The lowest BCUT2D eigenvalue weighted by molar-refractivity contribution is 0.431. The van der Waals surface area contributed by atoms with E-state index in [0.717, 1.165) is 10.6 Å². The zero-order valence-electron chi connectivity index (χ0n) is 10.7. The summed E-state index contributed by atoms with van der Waals surface area (Å²) < 4.78 is 5.26. The first-order valence-corrected chi connectivity index (χ1v) is 8.03. The highest BCUT2D eigenvalue weighted by Gasteiger charge is 2.13. The molecular formula is C13H12N4OS2. The molecule has 0 aliphatic carbocycles. The molecule has 0 aliphatic heterocycles. The molecular weight excluding hydrogens is 292 g/mol. The molecule has 3 aromatic rings. The van der Waals surface area contributed by atoms with Gasteiger partial charge in [-0.3, -0.25) is 0 Å². The molecule has 20 heavy (non-hydrogen) atoms. The van der Waals surface area contributed by atoms with Gasteiger partial charge in [0.1, 0.15) is 10.7 Å². The molecule has 0 saturated carbocycles. The minimum Gasteiger partial charge on any atom is -0.332 e. The van der Waals surface area contributed by atoms with Crippen molar-refractivity contribution in [3.05, 3.63) is 34.7 Å². The van der Waals surface area contributed by atoms with Crippen LogP contribution in [-0.2, 0) is 6.54 Å². The Morgan fingerprint density at radius 3 is 2.70 bits per heavy atom. The predicted octanol–water partition coefficient (Wildman–Crippen LogP) is 3.04. The third-order valence-corrected chi connectivity index (χ3v) is 4.33. The van der Waals surface area contributed by atoms with Gasteiger partial charge in [-0.1, -0.05) is 5.16 Å². The van der Waals surface area contributed by atoms with Crippen LogP contribution >= 0.6 is 23.1 Å². The topological polar surface area (TPSA) is 77.8 Å². The first-order chi connectivity index (χ1) is 9.80. The van der Waals surface area contributed by atoms with Crippen molar-refractivity contribution >= 4 is 23.1 Å². The summed E-state index contributed by atoms with van der Waals surface area (Å²) in [6, 6.07) is 8.02. The number of hydrogen-bond acceptors (Lipinski definition) is 7. The molecule has 0 radical (unpaired) electrons. The first kappa shape index (κ1) is 13.3. The maximum Gasteiger partial charge on any atom is 0.277 e. The highest BCUT2D eigenvalue weighted by Crippen LogP contribution is 2.25. The second-order valence-corrected chi connectivity index (χ2v) is 5.80. The third-order valence-electron chi connectivity index (χ3n) is 2.72. The average Bonchev–Trinajstić information content (AvgIpc) is 3.16. The fourth-order valence-electron chi connectivity index (χ4n) is 1.69. The van der Waals surface area contributed by atoms with Gasteiger partial charge in [0.25, 0.3) is 5.89 Å². The highest BCUT2D eigenvalue weighted by molar-refractivity contribution is 7.98. The summed E-state index contributed by atoms with van der Waals surface area (Å²) in [6.07, 6.45) is 2.04. The van der Waals surface area contributed by atoms with Crippen molar-refractivity contribution in [1.29, 1.82) is 0 Å². The minimum absolute atomic E-state index is 0.418. The molecule has 0 bridgehead atoms. The second kappa shape index (κ2) is 5.74. The lowest BCUT2D eigenvalue weighted by Crippen LogP contribution is -1.94. The van der Waals surface area contributed by atoms with Gasteiger partial charge >= 0.3 is 0 Å². The Balaban J connectivity index is 1.88. The van der Waals surface area contributed by atoms with E-state index >= 15 is 0 Å². The quantitative estimate of drug-likeness (QED) is 0.746. The molecule has 1 aromatic carbocycles. The molecule has 2 aromatic heterocycles. The Morgan fingerprint density at radius 2 is 2.05 bits per heavy atom. The van der Waals surface area contributed by atoms with Gasteiger partial charge in [0.05, 0.1) is 0 Å². The summed E-state index contributed by atoms with van der Waals surface area (Å²) in [5, 5.41) is 6.72. The van der Waals surface area contributed by atoms with Crippen molar-refractivity contribution in [3.8, 4) is 23.0 Å². The van der Waals surface area contributed by atoms with Crippen LogP contribution in [0, 0.1) is 0 Å². The van der Waals surface area contributed by atoms with Crippen LogP contribution in [0.4, 0.5) is 0 Å². The monoisotopic (exact) mass is 304 g/mol. The maximum absolute atomic E-state index is 5.54. The van der Waals surface area contributed by atoms with Crippen LogP contribution in [0.1, 0.15) is 5.01 Å². The Kier molecular flexibility index (Phi) is 3.81. The van der Waals surface area contributed by atoms with Gasteiger partial charge in [0.2, 0.25) is 5.82 Å². The highest BCUT2D eigenvalue weighted by atomic mass is 32.2. The molecule has 0 aliphatic rings. The Bertz CT molecular complexity index is 705. The van der Waals surface area contributed by atoms with Crippen LogP contribution in [0.15, 0.2) is 39.1 Å². The summed E-state index contributed by atoms with van der Waals surface area (Å²) >= 11 is 3.18. The molecule has 0 saturated heterocycles. The van der Waals surface area contributed by atoms with Gasteiger partial charge in [-0.2, -0.15) is 4.98 Å². The molecule has 3 rings (SSSR count). The number of rotatable bonds is 4. The van der Waals surface area contributed by atoms with E-state index in [2.05, 4.69) is 15.1 Å². The van der Waals surface area contributed by atoms with Gasteiger partial charge in [-0.05, 0) is 30.5 Å². The fraction of sp³-hybridized carbons (Fsp3) is 0.154. The lowest BCUT2D eigenvalue weighted by Gasteiger charge is -1.96. The number of hydrogen-bond donors (Lipinski definition) is 1. The van der Waals surface area contributed by atoms with Crippen molar-refractivity contribution in [2.45, 2.75) is 11.4 Å². The number of benzene rings is 1. The molecule has 7 heteroatoms. The third kappa shape index (κ3) is 2.60. The number of thiazole rings is 1. The predicted molar refractivity (Wildman–Crippen MR) is 80.5 cm³/mol. The van der Waals surface area contributed by atoms with Crippen LogP contribution in [-0.4, -0.2) is 21.4 Å². The number of nitrogens with two attached hydrogens (primary N) is 1. The first-order valence-electron chi connectivity index (χ1n) is 5.93. The summed E-state index contributed by atoms with van der Waals surface area (Å²) in [6.45, 7) is 0.418. The van der Waals surface area contributed by atoms with Crippen LogP contribution in [0.2, 0.25) is 0 Å². The molecule has 0 amide bonds. The van der Waals surface area contributed by atoms with E-state index in [1.54, 1.807) is 11.8 Å². The second-order valence-electron chi connectivity index (χ2n) is 3.98. The van der Waals surface area contributed by atoms with E-state index < -0.39 is 0 Å². The fourth-order valence-corrected chi connectivity index (χ4v) is 2.74. The zero-order valence-corrected chi connectivity index (χ0v) is 12.4. The number of aromatic nitrogens is 3. The standard InChI is InChI=1S/C13H12N4OS2/c1-19-9-4-2-8(3-5-9)12-16-13(18-17-12)10-7-20-11(6-14)15-10/h2-5,7H,6,14H2,1H3. The van der Waals surface area contributed by atoms with Gasteiger partial charge in [0, 0.05) is 22.4 Å². The zero-order chi connectivity index (χ0) is 13.9. The normalized spacial score (nSPS) is 10.9. The summed E-state index contributed by atoms with van der Waals surface area (Å²) in [5.41, 5.74) is 7.14. The van der Waals surface area contributed by atoms with E-state index in [-0.39, 0.29) is 0 Å². The maximum atomic E-state index is 5.54. The Morgan fingerprint density at radius 1 is 1.25 bits per heavy atom. The molecule has 0 atom stereocenters. The lowest BCUT2D eigenvalue weighted by atomic mass is 10.2. The van der Waals surface area contributed by atoms with E-state index in [9.17, 15) is 0 Å². The van der Waals surface area contributed by atoms with Crippen molar-refractivity contribution in [2.75, 3.05) is 6.26 Å². The molecule has 0 fully saturated rings. The molecule has 0 unspecified atom stereocenters. The summed E-state index contributed by atoms with van der Waals surface area (Å²) in [5.74, 6) is 0.986. The van der Waals surface area contributed by atoms with Crippen molar-refractivity contribution in [1.82, 2.24) is 15.1 Å². The van der Waals surface area contributed by atoms with E-state index in [1.807, 2.05) is 35.9 Å². The number of thioether (sulfide) groups is 1. The summed E-state index contributed by atoms with van der Waals surface area (Å²) in [4.78, 5) is 9.90. The van der Waals surface area contributed by atoms with Gasteiger partial charge in [-0.15, -0.1) is 23.1 Å². The van der Waals surface area contributed by atoms with Gasteiger partial charge in [0.15, 0.2) is 0 Å². The van der Waals surface area contributed by atoms with Crippen molar-refractivity contribution in [3.63, 3.8) is 0 Å². The van der Waals surface area contributed by atoms with Crippen LogP contribution in [0.3, 0.4) is 0 Å².